The highest BCUT2D eigenvalue weighted by Gasteiger charge is 2.11. The van der Waals surface area contributed by atoms with Gasteiger partial charge in [0.25, 0.3) is 0 Å². The Labute approximate surface area is 154 Å². The van der Waals surface area contributed by atoms with Crippen molar-refractivity contribution in [1.82, 2.24) is 5.32 Å². The standard InChI is InChI=1S/C20H18BrNO3/c21-18-13-17(25-19(18)16-9-5-2-6-10-16)11-12-22-20(23)24-14-15-7-3-1-4-8-15/h1-10,13H,11-12,14H2,(H,22,23). The highest BCUT2D eigenvalue weighted by Crippen LogP contribution is 2.31. The molecule has 1 heterocycles. The van der Waals surface area contributed by atoms with E-state index >= 15 is 0 Å². The van der Waals surface area contributed by atoms with Crippen molar-refractivity contribution >= 4 is 22.0 Å². The molecule has 0 radical (unpaired) electrons. The van der Waals surface area contributed by atoms with Gasteiger partial charge in [-0.2, -0.15) is 0 Å². The highest BCUT2D eigenvalue weighted by molar-refractivity contribution is 9.10. The third-order valence-electron chi connectivity index (χ3n) is 3.63. The van der Waals surface area contributed by atoms with Crippen LogP contribution in [0.15, 0.2) is 75.6 Å². The molecule has 0 aliphatic heterocycles. The Bertz CT molecular complexity index is 815. The minimum atomic E-state index is -0.433. The van der Waals surface area contributed by atoms with Crippen LogP contribution in [0.3, 0.4) is 0 Å². The van der Waals surface area contributed by atoms with Crippen molar-refractivity contribution in [3.8, 4) is 11.3 Å². The van der Waals surface area contributed by atoms with Crippen LogP contribution >= 0.6 is 15.9 Å². The summed E-state index contributed by atoms with van der Waals surface area (Å²) < 4.78 is 12.0. The second-order valence-corrected chi connectivity index (χ2v) is 6.35. The summed E-state index contributed by atoms with van der Waals surface area (Å²) in [6.45, 7) is 0.707. The van der Waals surface area contributed by atoms with Crippen molar-refractivity contribution < 1.29 is 13.9 Å². The number of rotatable bonds is 6. The van der Waals surface area contributed by atoms with Gasteiger partial charge in [-0.05, 0) is 27.6 Å². The fourth-order valence-corrected chi connectivity index (χ4v) is 2.95. The van der Waals surface area contributed by atoms with E-state index < -0.39 is 6.09 Å². The van der Waals surface area contributed by atoms with E-state index in [1.165, 1.54) is 0 Å². The Morgan fingerprint density at radius 1 is 1.04 bits per heavy atom. The maximum absolute atomic E-state index is 11.7. The first-order valence-electron chi connectivity index (χ1n) is 8.00. The molecule has 1 aromatic heterocycles. The Kier molecular flexibility index (Phi) is 5.90. The van der Waals surface area contributed by atoms with Gasteiger partial charge in [0, 0.05) is 18.5 Å². The van der Waals surface area contributed by atoms with Gasteiger partial charge < -0.3 is 14.5 Å². The molecule has 128 valence electrons. The average molecular weight is 400 g/mol. The predicted molar refractivity (Wildman–Crippen MR) is 100 cm³/mol. The predicted octanol–water partition coefficient (Wildman–Crippen LogP) is 5.18. The molecule has 4 nitrogen and oxygen atoms in total. The second kappa shape index (κ2) is 8.53. The van der Waals surface area contributed by atoms with Crippen LogP contribution in [0.4, 0.5) is 4.79 Å². The quantitative estimate of drug-likeness (QED) is 0.621. The summed E-state index contributed by atoms with van der Waals surface area (Å²) in [7, 11) is 0. The van der Waals surface area contributed by atoms with E-state index in [0.717, 1.165) is 27.1 Å². The largest absolute Gasteiger partial charge is 0.460 e. The van der Waals surface area contributed by atoms with E-state index in [1.807, 2.05) is 66.7 Å². The normalized spacial score (nSPS) is 10.4. The smallest absolute Gasteiger partial charge is 0.407 e. The Morgan fingerprint density at radius 3 is 2.44 bits per heavy atom. The van der Waals surface area contributed by atoms with E-state index in [2.05, 4.69) is 21.2 Å². The number of alkyl carbamates (subject to hydrolysis) is 1. The summed E-state index contributed by atoms with van der Waals surface area (Å²) in [5.41, 5.74) is 1.97. The first-order valence-corrected chi connectivity index (χ1v) is 8.80. The number of furan rings is 1. The van der Waals surface area contributed by atoms with Crippen LogP contribution in [-0.4, -0.2) is 12.6 Å². The number of amides is 1. The lowest BCUT2D eigenvalue weighted by Crippen LogP contribution is -2.26. The number of ether oxygens (including phenoxy) is 1. The molecule has 0 aliphatic carbocycles. The van der Waals surface area contributed by atoms with Crippen molar-refractivity contribution in [2.75, 3.05) is 6.54 Å². The van der Waals surface area contributed by atoms with Gasteiger partial charge in [-0.15, -0.1) is 0 Å². The lowest BCUT2D eigenvalue weighted by Gasteiger charge is -2.06. The second-order valence-electron chi connectivity index (χ2n) is 5.49. The van der Waals surface area contributed by atoms with Gasteiger partial charge in [0.15, 0.2) is 0 Å². The molecule has 0 saturated carbocycles. The molecule has 2 aromatic carbocycles. The molecule has 0 aliphatic rings. The van der Waals surface area contributed by atoms with Gasteiger partial charge in [0.1, 0.15) is 18.1 Å². The van der Waals surface area contributed by atoms with Crippen LogP contribution in [0.5, 0.6) is 0 Å². The molecule has 5 heteroatoms. The van der Waals surface area contributed by atoms with E-state index in [9.17, 15) is 4.79 Å². The minimum Gasteiger partial charge on any atom is -0.460 e. The van der Waals surface area contributed by atoms with Crippen molar-refractivity contribution in [1.29, 1.82) is 0 Å². The summed E-state index contributed by atoms with van der Waals surface area (Å²) >= 11 is 3.52. The van der Waals surface area contributed by atoms with Crippen molar-refractivity contribution in [3.63, 3.8) is 0 Å². The van der Waals surface area contributed by atoms with E-state index in [-0.39, 0.29) is 6.61 Å². The highest BCUT2D eigenvalue weighted by atomic mass is 79.9. The zero-order valence-corrected chi connectivity index (χ0v) is 15.2. The molecular weight excluding hydrogens is 382 g/mol. The number of halogens is 1. The number of nitrogens with one attached hydrogen (secondary N) is 1. The first-order chi connectivity index (χ1) is 12.2. The molecule has 0 saturated heterocycles. The lowest BCUT2D eigenvalue weighted by atomic mass is 10.2. The van der Waals surface area contributed by atoms with Gasteiger partial charge in [-0.1, -0.05) is 60.7 Å². The molecule has 1 amide bonds. The molecule has 3 aromatic rings. The third-order valence-corrected chi connectivity index (χ3v) is 4.22. The van der Waals surface area contributed by atoms with Gasteiger partial charge in [0.2, 0.25) is 0 Å². The molecular formula is C20H18BrNO3. The van der Waals surface area contributed by atoms with Crippen molar-refractivity contribution in [2.45, 2.75) is 13.0 Å². The molecule has 0 atom stereocenters. The number of carbonyl (C=O) groups excluding carboxylic acids is 1. The number of hydrogen-bond donors (Lipinski definition) is 1. The molecule has 25 heavy (non-hydrogen) atoms. The summed E-state index contributed by atoms with van der Waals surface area (Å²) in [6, 6.07) is 21.4. The Hall–Kier alpha value is -2.53. The first kappa shape index (κ1) is 17.3. The fraction of sp³-hybridized carbons (Fsp3) is 0.150. The monoisotopic (exact) mass is 399 g/mol. The number of benzene rings is 2. The summed E-state index contributed by atoms with van der Waals surface area (Å²) in [5.74, 6) is 1.59. The number of carbonyl (C=O) groups is 1. The van der Waals surface area contributed by atoms with Gasteiger partial charge in [-0.3, -0.25) is 0 Å². The zero-order chi connectivity index (χ0) is 17.5. The number of hydrogen-bond acceptors (Lipinski definition) is 3. The minimum absolute atomic E-state index is 0.261. The van der Waals surface area contributed by atoms with Crippen molar-refractivity contribution in [3.05, 3.63) is 82.5 Å². The summed E-state index contributed by atoms with van der Waals surface area (Å²) in [4.78, 5) is 11.7. The van der Waals surface area contributed by atoms with Crippen LogP contribution < -0.4 is 5.32 Å². The SMILES string of the molecule is O=C(NCCc1cc(Br)c(-c2ccccc2)o1)OCc1ccccc1. The third kappa shape index (κ3) is 4.97. The Balaban J connectivity index is 1.47. The topological polar surface area (TPSA) is 51.5 Å². The van der Waals surface area contributed by atoms with Crippen LogP contribution in [0.2, 0.25) is 0 Å². The maximum Gasteiger partial charge on any atom is 0.407 e. The van der Waals surface area contributed by atoms with Crippen LogP contribution in [0, 0.1) is 0 Å². The Morgan fingerprint density at radius 2 is 1.72 bits per heavy atom. The van der Waals surface area contributed by atoms with E-state index in [4.69, 9.17) is 9.15 Å². The van der Waals surface area contributed by atoms with Gasteiger partial charge in [-0.25, -0.2) is 4.79 Å². The molecule has 0 spiro atoms. The van der Waals surface area contributed by atoms with Gasteiger partial charge >= 0.3 is 6.09 Å². The van der Waals surface area contributed by atoms with Crippen LogP contribution in [-0.2, 0) is 17.8 Å². The fourth-order valence-electron chi connectivity index (χ4n) is 2.39. The lowest BCUT2D eigenvalue weighted by molar-refractivity contribution is 0.139. The van der Waals surface area contributed by atoms with E-state index in [1.54, 1.807) is 0 Å². The molecule has 0 unspecified atom stereocenters. The van der Waals surface area contributed by atoms with Crippen molar-refractivity contribution in [2.24, 2.45) is 0 Å². The van der Waals surface area contributed by atoms with E-state index in [0.29, 0.717) is 13.0 Å². The molecule has 3 rings (SSSR count). The zero-order valence-electron chi connectivity index (χ0n) is 13.6. The van der Waals surface area contributed by atoms with Crippen LogP contribution in [0.25, 0.3) is 11.3 Å². The summed E-state index contributed by atoms with van der Waals surface area (Å²) in [6.07, 6.45) is 0.157. The molecule has 0 fully saturated rings. The summed E-state index contributed by atoms with van der Waals surface area (Å²) in [5, 5.41) is 2.73. The molecule has 0 bridgehead atoms. The van der Waals surface area contributed by atoms with Crippen LogP contribution in [0.1, 0.15) is 11.3 Å². The molecule has 1 N–H and O–H groups in total. The van der Waals surface area contributed by atoms with Gasteiger partial charge in [0.05, 0.1) is 4.47 Å². The maximum atomic E-state index is 11.7. The average Bonchev–Trinajstić information content (AvgIpc) is 3.02.